The highest BCUT2D eigenvalue weighted by atomic mass is 16.2. The van der Waals surface area contributed by atoms with Gasteiger partial charge in [0, 0.05) is 6.61 Å². The van der Waals surface area contributed by atoms with Crippen molar-refractivity contribution in [1.82, 2.24) is 0 Å². The molecule has 0 radical (unpaired) electrons. The molecule has 0 fully saturated rings. The van der Waals surface area contributed by atoms with Gasteiger partial charge < -0.3 is 5.11 Å². The fourth-order valence-electron chi connectivity index (χ4n) is 1.38. The van der Waals surface area contributed by atoms with Gasteiger partial charge >= 0.3 is 0 Å². The summed E-state index contributed by atoms with van der Waals surface area (Å²) in [4.78, 5) is 0. The highest BCUT2D eigenvalue weighted by molar-refractivity contribution is 5.63. The van der Waals surface area contributed by atoms with E-state index in [1.165, 1.54) is 16.7 Å². The summed E-state index contributed by atoms with van der Waals surface area (Å²) < 4.78 is 0. The quantitative estimate of drug-likeness (QED) is 0.768. The maximum absolute atomic E-state index is 7.57. The van der Waals surface area contributed by atoms with Crippen molar-refractivity contribution in [2.45, 2.75) is 13.8 Å². The summed E-state index contributed by atoms with van der Waals surface area (Å²) in [5.74, 6) is 0. The van der Waals surface area contributed by atoms with Crippen molar-refractivity contribution in [3.63, 3.8) is 0 Å². The van der Waals surface area contributed by atoms with E-state index in [1.54, 1.807) is 6.92 Å². The lowest BCUT2D eigenvalue weighted by Crippen LogP contribution is -1.76. The van der Waals surface area contributed by atoms with Gasteiger partial charge in [0.25, 0.3) is 0 Å². The number of aliphatic hydroxyl groups is 1. The summed E-state index contributed by atoms with van der Waals surface area (Å²) in [5, 5.41) is 7.57. The van der Waals surface area contributed by atoms with Crippen LogP contribution in [-0.4, -0.2) is 11.7 Å². The van der Waals surface area contributed by atoms with Crippen molar-refractivity contribution in [1.29, 1.82) is 0 Å². The Bertz CT molecular complexity index is 390. The van der Waals surface area contributed by atoms with E-state index < -0.39 is 0 Å². The first-order chi connectivity index (χ1) is 7.77. The van der Waals surface area contributed by atoms with Crippen molar-refractivity contribution < 1.29 is 5.11 Å². The lowest BCUT2D eigenvalue weighted by atomic mass is 10.0. The third-order valence-electron chi connectivity index (χ3n) is 2.16. The predicted molar refractivity (Wildman–Crippen MR) is 69.4 cm³/mol. The summed E-state index contributed by atoms with van der Waals surface area (Å²) in [5.41, 5.74) is 3.87. The molecule has 0 aliphatic carbocycles. The number of hydrogen-bond acceptors (Lipinski definition) is 1. The molecule has 0 saturated heterocycles. The van der Waals surface area contributed by atoms with Crippen molar-refractivity contribution in [3.8, 4) is 11.1 Å². The first-order valence-electron chi connectivity index (χ1n) is 5.51. The lowest BCUT2D eigenvalue weighted by Gasteiger charge is -2.00. The summed E-state index contributed by atoms with van der Waals surface area (Å²) in [6, 6.07) is 19.0. The van der Waals surface area contributed by atoms with Crippen LogP contribution in [0.2, 0.25) is 0 Å². The van der Waals surface area contributed by atoms with Gasteiger partial charge in [-0.3, -0.25) is 0 Å². The molecule has 0 saturated carbocycles. The molecule has 0 heterocycles. The Hall–Kier alpha value is -1.60. The van der Waals surface area contributed by atoms with E-state index in [-0.39, 0.29) is 6.61 Å². The highest BCUT2D eigenvalue weighted by Crippen LogP contribution is 2.18. The first kappa shape index (κ1) is 12.5. The fourth-order valence-corrected chi connectivity index (χ4v) is 1.38. The second-order valence-electron chi connectivity index (χ2n) is 3.55. The van der Waals surface area contributed by atoms with Gasteiger partial charge in [-0.1, -0.05) is 60.2 Å². The van der Waals surface area contributed by atoms with Crippen LogP contribution < -0.4 is 0 Å². The summed E-state index contributed by atoms with van der Waals surface area (Å²) in [7, 11) is 0. The lowest BCUT2D eigenvalue weighted by molar-refractivity contribution is 0.318. The molecule has 0 unspecified atom stereocenters. The zero-order chi connectivity index (χ0) is 11.8. The van der Waals surface area contributed by atoms with Gasteiger partial charge in [-0.15, -0.1) is 0 Å². The second kappa shape index (κ2) is 6.81. The van der Waals surface area contributed by atoms with Crippen LogP contribution in [0.25, 0.3) is 11.1 Å². The Kier molecular flexibility index (Phi) is 5.30. The molecule has 0 spiro atoms. The zero-order valence-corrected chi connectivity index (χ0v) is 9.85. The Morgan fingerprint density at radius 1 is 0.812 bits per heavy atom. The molecule has 2 aromatic carbocycles. The smallest absolute Gasteiger partial charge is 0.0402 e. The molecule has 1 nitrogen and oxygen atoms in total. The van der Waals surface area contributed by atoms with Gasteiger partial charge in [-0.2, -0.15) is 0 Å². The van der Waals surface area contributed by atoms with E-state index >= 15 is 0 Å². The zero-order valence-electron chi connectivity index (χ0n) is 9.85. The van der Waals surface area contributed by atoms with Crippen LogP contribution in [0.3, 0.4) is 0 Å². The summed E-state index contributed by atoms with van der Waals surface area (Å²) in [6.07, 6.45) is 0. The van der Waals surface area contributed by atoms with Crippen LogP contribution in [0.5, 0.6) is 0 Å². The maximum Gasteiger partial charge on any atom is 0.0402 e. The normalized spacial score (nSPS) is 9.19. The van der Waals surface area contributed by atoms with Crippen molar-refractivity contribution >= 4 is 0 Å². The standard InChI is InChI=1S/C13H12.C2H6O/c1-11-7-9-13(10-8-11)12-5-3-2-4-6-12;1-2-3/h2-10H,1H3;3H,2H2,1H3. The van der Waals surface area contributed by atoms with Gasteiger partial charge in [0.15, 0.2) is 0 Å². The van der Waals surface area contributed by atoms with E-state index in [2.05, 4.69) is 55.5 Å². The molecule has 0 aromatic heterocycles. The minimum atomic E-state index is 0.250. The van der Waals surface area contributed by atoms with Gasteiger partial charge in [0.1, 0.15) is 0 Å². The number of rotatable bonds is 1. The highest BCUT2D eigenvalue weighted by Gasteiger charge is 1.93. The van der Waals surface area contributed by atoms with E-state index in [9.17, 15) is 0 Å². The second-order valence-corrected chi connectivity index (χ2v) is 3.55. The Labute approximate surface area is 97.4 Å². The largest absolute Gasteiger partial charge is 0.397 e. The van der Waals surface area contributed by atoms with Gasteiger partial charge in [0.05, 0.1) is 0 Å². The van der Waals surface area contributed by atoms with Crippen molar-refractivity contribution in [2.24, 2.45) is 0 Å². The molecule has 0 atom stereocenters. The maximum atomic E-state index is 7.57. The molecular weight excluding hydrogens is 196 g/mol. The van der Waals surface area contributed by atoms with Crippen LogP contribution >= 0.6 is 0 Å². The molecule has 0 amide bonds. The van der Waals surface area contributed by atoms with Gasteiger partial charge in [-0.05, 0) is 25.0 Å². The van der Waals surface area contributed by atoms with E-state index in [0.717, 1.165) is 0 Å². The SMILES string of the molecule is CCO.Cc1ccc(-c2ccccc2)cc1. The molecule has 0 bridgehead atoms. The van der Waals surface area contributed by atoms with Crippen LogP contribution in [-0.2, 0) is 0 Å². The molecule has 16 heavy (non-hydrogen) atoms. The fraction of sp³-hybridized carbons (Fsp3) is 0.200. The molecule has 2 rings (SSSR count). The third-order valence-corrected chi connectivity index (χ3v) is 2.16. The molecule has 1 N–H and O–H groups in total. The van der Waals surface area contributed by atoms with Crippen LogP contribution in [0.15, 0.2) is 54.6 Å². The van der Waals surface area contributed by atoms with Crippen LogP contribution in [0, 0.1) is 6.92 Å². The average molecular weight is 214 g/mol. The van der Waals surface area contributed by atoms with E-state index in [1.807, 2.05) is 6.07 Å². The van der Waals surface area contributed by atoms with Crippen LogP contribution in [0.1, 0.15) is 12.5 Å². The van der Waals surface area contributed by atoms with Crippen molar-refractivity contribution in [2.75, 3.05) is 6.61 Å². The number of benzene rings is 2. The summed E-state index contributed by atoms with van der Waals surface area (Å²) >= 11 is 0. The Morgan fingerprint density at radius 3 is 1.75 bits per heavy atom. The average Bonchev–Trinajstić information content (AvgIpc) is 2.32. The monoisotopic (exact) mass is 214 g/mol. The number of aryl methyl sites for hydroxylation is 1. The number of aliphatic hydroxyl groups excluding tert-OH is 1. The predicted octanol–water partition coefficient (Wildman–Crippen LogP) is 3.66. The molecule has 0 aliphatic rings. The van der Waals surface area contributed by atoms with Gasteiger partial charge in [0.2, 0.25) is 0 Å². The third kappa shape index (κ3) is 3.87. The van der Waals surface area contributed by atoms with Crippen LogP contribution in [0.4, 0.5) is 0 Å². The molecular formula is C15H18O. The summed E-state index contributed by atoms with van der Waals surface area (Å²) in [6.45, 7) is 4.04. The Morgan fingerprint density at radius 2 is 1.25 bits per heavy atom. The van der Waals surface area contributed by atoms with Crippen molar-refractivity contribution in [3.05, 3.63) is 60.2 Å². The topological polar surface area (TPSA) is 20.2 Å². The minimum absolute atomic E-state index is 0.250. The number of hydrogen-bond donors (Lipinski definition) is 1. The van der Waals surface area contributed by atoms with E-state index in [4.69, 9.17) is 5.11 Å². The molecule has 1 heteroatoms. The Balaban J connectivity index is 0.000000386. The molecule has 84 valence electrons. The van der Waals surface area contributed by atoms with E-state index in [0.29, 0.717) is 0 Å². The minimum Gasteiger partial charge on any atom is -0.397 e. The molecule has 0 aliphatic heterocycles. The molecule has 2 aromatic rings. The van der Waals surface area contributed by atoms with Gasteiger partial charge in [-0.25, -0.2) is 0 Å². The first-order valence-corrected chi connectivity index (χ1v) is 5.51.